The number of hydrogen-bond acceptors (Lipinski definition) is 3. The number of carboxylic acids is 1. The molecular weight excluding hydrogens is 230 g/mol. The summed E-state index contributed by atoms with van der Waals surface area (Å²) in [5.74, 6) is 0.0812. The Balaban J connectivity index is 2.46. The molecule has 0 amide bonds. The highest BCUT2D eigenvalue weighted by Gasteiger charge is 2.15. The molecule has 0 aliphatic heterocycles. The van der Waals surface area contributed by atoms with Gasteiger partial charge in [-0.1, -0.05) is 12.1 Å². The first-order chi connectivity index (χ1) is 8.54. The summed E-state index contributed by atoms with van der Waals surface area (Å²) >= 11 is 0. The Hall–Kier alpha value is -1.55. The average Bonchev–Trinajstić information content (AvgIpc) is 2.37. The molecule has 0 saturated heterocycles. The summed E-state index contributed by atoms with van der Waals surface area (Å²) in [5.41, 5.74) is 1.18. The highest BCUT2D eigenvalue weighted by Crippen LogP contribution is 2.12. The molecule has 0 heterocycles. The van der Waals surface area contributed by atoms with E-state index in [1.807, 2.05) is 43.1 Å². The number of nitrogens with zero attached hydrogens (tertiary/aromatic N) is 1. The molecule has 0 bridgehead atoms. The molecule has 1 N–H and O–H groups in total. The van der Waals surface area contributed by atoms with Crippen LogP contribution in [0.15, 0.2) is 24.3 Å². The first kappa shape index (κ1) is 14.5. The van der Waals surface area contributed by atoms with Gasteiger partial charge in [-0.05, 0) is 45.0 Å². The zero-order valence-electron chi connectivity index (χ0n) is 11.2. The molecule has 0 spiro atoms. The van der Waals surface area contributed by atoms with Crippen molar-refractivity contribution in [2.45, 2.75) is 26.3 Å². The maximum absolute atomic E-state index is 10.8. The summed E-state index contributed by atoms with van der Waals surface area (Å²) in [6.45, 7) is 5.04. The van der Waals surface area contributed by atoms with Gasteiger partial charge in [0, 0.05) is 6.54 Å². The Bertz CT molecular complexity index is 375. The van der Waals surface area contributed by atoms with Crippen molar-refractivity contribution in [3.8, 4) is 5.75 Å². The third kappa shape index (κ3) is 4.37. The van der Waals surface area contributed by atoms with E-state index in [2.05, 4.69) is 0 Å². The highest BCUT2D eigenvalue weighted by molar-refractivity contribution is 5.72. The molecule has 0 saturated carbocycles. The van der Waals surface area contributed by atoms with Gasteiger partial charge in [-0.25, -0.2) is 0 Å². The van der Waals surface area contributed by atoms with E-state index < -0.39 is 12.0 Å². The summed E-state index contributed by atoms with van der Waals surface area (Å²) in [6.07, 6.45) is 0.834. The lowest BCUT2D eigenvalue weighted by Crippen LogP contribution is -2.37. The standard InChI is InChI=1S/C14H21NO3/c1-4-18-13-7-5-12(6-8-13)9-10-15(3)11(2)14(16)17/h5-8,11H,4,9-10H2,1-3H3,(H,16,17). The first-order valence-electron chi connectivity index (χ1n) is 6.19. The van der Waals surface area contributed by atoms with Gasteiger partial charge in [0.25, 0.3) is 0 Å². The minimum absolute atomic E-state index is 0.451. The lowest BCUT2D eigenvalue weighted by Gasteiger charge is -2.20. The van der Waals surface area contributed by atoms with E-state index in [1.54, 1.807) is 6.92 Å². The Kier molecular flexibility index (Phi) is 5.65. The van der Waals surface area contributed by atoms with Crippen LogP contribution in [0, 0.1) is 0 Å². The van der Waals surface area contributed by atoms with Crippen molar-refractivity contribution in [1.29, 1.82) is 0 Å². The van der Waals surface area contributed by atoms with Gasteiger partial charge in [0.1, 0.15) is 11.8 Å². The molecule has 1 atom stereocenters. The molecule has 0 aliphatic carbocycles. The SMILES string of the molecule is CCOc1ccc(CCN(C)C(C)C(=O)O)cc1. The predicted molar refractivity (Wildman–Crippen MR) is 71.0 cm³/mol. The number of rotatable bonds is 7. The Morgan fingerprint density at radius 2 is 2.00 bits per heavy atom. The quantitative estimate of drug-likeness (QED) is 0.805. The van der Waals surface area contributed by atoms with E-state index >= 15 is 0 Å². The second-order valence-corrected chi connectivity index (χ2v) is 4.32. The number of likely N-dealkylation sites (N-methyl/N-ethyl adjacent to an activating group) is 1. The second kappa shape index (κ2) is 7.01. The third-order valence-electron chi connectivity index (χ3n) is 3.01. The molecule has 18 heavy (non-hydrogen) atoms. The monoisotopic (exact) mass is 251 g/mol. The van der Waals surface area contributed by atoms with Crippen molar-refractivity contribution < 1.29 is 14.6 Å². The smallest absolute Gasteiger partial charge is 0.320 e. The summed E-state index contributed by atoms with van der Waals surface area (Å²) in [6, 6.07) is 7.47. The number of carbonyl (C=O) groups is 1. The summed E-state index contributed by atoms with van der Waals surface area (Å²) in [7, 11) is 1.83. The van der Waals surface area contributed by atoms with Gasteiger partial charge in [-0.15, -0.1) is 0 Å². The number of carboxylic acid groups (broad SMARTS) is 1. The molecule has 4 heteroatoms. The molecule has 0 fully saturated rings. The van der Waals surface area contributed by atoms with Crippen LogP contribution in [0.2, 0.25) is 0 Å². The van der Waals surface area contributed by atoms with Crippen molar-refractivity contribution in [1.82, 2.24) is 4.90 Å². The average molecular weight is 251 g/mol. The minimum atomic E-state index is -0.788. The van der Waals surface area contributed by atoms with Gasteiger partial charge >= 0.3 is 5.97 Å². The van der Waals surface area contributed by atoms with Crippen LogP contribution in [0.25, 0.3) is 0 Å². The molecule has 0 aliphatic rings. The maximum Gasteiger partial charge on any atom is 0.320 e. The summed E-state index contributed by atoms with van der Waals surface area (Å²) < 4.78 is 5.37. The van der Waals surface area contributed by atoms with E-state index in [4.69, 9.17) is 9.84 Å². The van der Waals surface area contributed by atoms with Crippen LogP contribution >= 0.6 is 0 Å². The normalized spacial score (nSPS) is 12.4. The molecule has 0 radical (unpaired) electrons. The lowest BCUT2D eigenvalue weighted by molar-refractivity contribution is -0.142. The van der Waals surface area contributed by atoms with Crippen LogP contribution in [-0.2, 0) is 11.2 Å². The molecular formula is C14H21NO3. The number of benzene rings is 1. The fourth-order valence-electron chi connectivity index (χ4n) is 1.61. The Morgan fingerprint density at radius 1 is 1.39 bits per heavy atom. The molecule has 1 unspecified atom stereocenters. The third-order valence-corrected chi connectivity index (χ3v) is 3.01. The topological polar surface area (TPSA) is 49.8 Å². The molecule has 4 nitrogen and oxygen atoms in total. The van der Waals surface area contributed by atoms with E-state index in [0.29, 0.717) is 6.61 Å². The second-order valence-electron chi connectivity index (χ2n) is 4.32. The first-order valence-corrected chi connectivity index (χ1v) is 6.19. The van der Waals surface area contributed by atoms with Crippen molar-refractivity contribution >= 4 is 5.97 Å². The van der Waals surface area contributed by atoms with Crippen molar-refractivity contribution in [2.75, 3.05) is 20.2 Å². The number of ether oxygens (including phenoxy) is 1. The van der Waals surface area contributed by atoms with Gasteiger partial charge in [-0.2, -0.15) is 0 Å². The van der Waals surface area contributed by atoms with Crippen molar-refractivity contribution in [3.05, 3.63) is 29.8 Å². The number of aliphatic carboxylic acids is 1. The minimum Gasteiger partial charge on any atom is -0.494 e. The Morgan fingerprint density at radius 3 is 2.50 bits per heavy atom. The van der Waals surface area contributed by atoms with E-state index in [0.717, 1.165) is 18.7 Å². The fraction of sp³-hybridized carbons (Fsp3) is 0.500. The summed E-state index contributed by atoms with van der Waals surface area (Å²) in [5, 5.41) is 8.89. The molecule has 1 aromatic carbocycles. The molecule has 1 rings (SSSR count). The highest BCUT2D eigenvalue weighted by atomic mass is 16.5. The van der Waals surface area contributed by atoms with Gasteiger partial charge in [-0.3, -0.25) is 9.69 Å². The summed E-state index contributed by atoms with van der Waals surface area (Å²) in [4.78, 5) is 12.6. The molecule has 0 aromatic heterocycles. The van der Waals surface area contributed by atoms with E-state index in [9.17, 15) is 4.79 Å². The van der Waals surface area contributed by atoms with Gasteiger partial charge in [0.2, 0.25) is 0 Å². The van der Waals surface area contributed by atoms with Crippen LogP contribution in [0.5, 0.6) is 5.75 Å². The van der Waals surface area contributed by atoms with E-state index in [1.165, 1.54) is 5.56 Å². The Labute approximate surface area is 108 Å². The largest absolute Gasteiger partial charge is 0.494 e. The van der Waals surface area contributed by atoms with Gasteiger partial charge in [0.05, 0.1) is 6.61 Å². The van der Waals surface area contributed by atoms with Crippen molar-refractivity contribution in [2.24, 2.45) is 0 Å². The van der Waals surface area contributed by atoms with Crippen LogP contribution in [0.4, 0.5) is 0 Å². The van der Waals surface area contributed by atoms with Gasteiger partial charge < -0.3 is 9.84 Å². The zero-order valence-corrected chi connectivity index (χ0v) is 11.2. The van der Waals surface area contributed by atoms with Crippen LogP contribution in [0.3, 0.4) is 0 Å². The number of hydrogen-bond donors (Lipinski definition) is 1. The lowest BCUT2D eigenvalue weighted by atomic mass is 10.1. The van der Waals surface area contributed by atoms with Crippen LogP contribution in [-0.4, -0.2) is 42.2 Å². The fourth-order valence-corrected chi connectivity index (χ4v) is 1.61. The predicted octanol–water partition coefficient (Wildman–Crippen LogP) is 2.03. The maximum atomic E-state index is 10.8. The van der Waals surface area contributed by atoms with Crippen molar-refractivity contribution in [3.63, 3.8) is 0 Å². The van der Waals surface area contributed by atoms with Crippen LogP contribution < -0.4 is 4.74 Å². The zero-order chi connectivity index (χ0) is 13.5. The molecule has 1 aromatic rings. The van der Waals surface area contributed by atoms with Gasteiger partial charge in [0.15, 0.2) is 0 Å². The van der Waals surface area contributed by atoms with E-state index in [-0.39, 0.29) is 0 Å². The van der Waals surface area contributed by atoms with Crippen LogP contribution in [0.1, 0.15) is 19.4 Å². The molecule has 100 valence electrons.